The van der Waals surface area contributed by atoms with Crippen molar-refractivity contribution in [2.24, 2.45) is 0 Å². The quantitative estimate of drug-likeness (QED) is 0.281. The molecule has 17 heteroatoms. The van der Waals surface area contributed by atoms with E-state index in [-0.39, 0.29) is 78.0 Å². The van der Waals surface area contributed by atoms with E-state index in [0.29, 0.717) is 0 Å². The maximum atomic E-state index is 8.74. The van der Waals surface area contributed by atoms with Gasteiger partial charge in [-0.05, 0) is 0 Å². The molecule has 0 bridgehead atoms. The Kier molecular flexibility index (Phi) is 1640. The van der Waals surface area contributed by atoms with E-state index >= 15 is 0 Å². The molecule has 0 heterocycles. The average molecular weight is 351 g/mol. The maximum Gasteiger partial charge on any atom is 0.394 e. The van der Waals surface area contributed by atoms with Crippen LogP contribution in [-0.2, 0) is 27.5 Å². The van der Waals surface area contributed by atoms with Crippen LogP contribution in [0.25, 0.3) is 0 Å². The van der Waals surface area contributed by atoms with Crippen LogP contribution in [0.1, 0.15) is 0 Å². The summed E-state index contributed by atoms with van der Waals surface area (Å²) in [5.74, 6) is 0. The van der Waals surface area contributed by atoms with Crippen molar-refractivity contribution in [2.75, 3.05) is 0 Å². The first-order chi connectivity index (χ1) is 2.00. The van der Waals surface area contributed by atoms with E-state index in [2.05, 4.69) is 0 Å². The normalized spacial score (nSPS) is 3.41. The molecular formula is H25FeNO14S. The molecule has 0 aromatic heterocycles. The SMILES string of the molecule is N.O.O.O.O.O.O.O.O.O.O.O=S(=O)(O)O.[Fe]. The fourth-order valence-electron chi connectivity index (χ4n) is 0. The second-order valence-electron chi connectivity index (χ2n) is 0.448. The molecule has 0 saturated carbocycles. The van der Waals surface area contributed by atoms with Gasteiger partial charge in [-0.15, -0.1) is 0 Å². The van der Waals surface area contributed by atoms with E-state index < -0.39 is 10.4 Å². The third kappa shape index (κ3) is 1220000. The summed E-state index contributed by atoms with van der Waals surface area (Å²) in [5.41, 5.74) is 0. The topological polar surface area (TPSA) is 425 Å². The first kappa shape index (κ1) is 276. The van der Waals surface area contributed by atoms with Crippen molar-refractivity contribution in [3.63, 3.8) is 0 Å². The first-order valence-electron chi connectivity index (χ1n) is 0.698. The van der Waals surface area contributed by atoms with E-state index in [1.165, 1.54) is 0 Å². The van der Waals surface area contributed by atoms with E-state index in [4.69, 9.17) is 17.5 Å². The molecule has 0 saturated heterocycles. The Labute approximate surface area is 107 Å². The third-order valence-corrected chi connectivity index (χ3v) is 0. The summed E-state index contributed by atoms with van der Waals surface area (Å²) < 4.78 is 31.6. The molecule has 0 fully saturated rings. The van der Waals surface area contributed by atoms with Gasteiger partial charge in [0, 0.05) is 17.1 Å². The van der Waals surface area contributed by atoms with Gasteiger partial charge < -0.3 is 60.9 Å². The van der Waals surface area contributed by atoms with Crippen LogP contribution in [-0.4, -0.2) is 72.3 Å². The zero-order valence-corrected chi connectivity index (χ0v) is 10.1. The largest absolute Gasteiger partial charge is 0.412 e. The molecular weight excluding hydrogens is 326 g/mol. The number of hydrogen-bond acceptors (Lipinski definition) is 3. The van der Waals surface area contributed by atoms with Crippen LogP contribution in [0.15, 0.2) is 0 Å². The van der Waals surface area contributed by atoms with E-state index in [1.54, 1.807) is 0 Å². The summed E-state index contributed by atoms with van der Waals surface area (Å²) in [5, 5.41) is 0. The van der Waals surface area contributed by atoms with Crippen molar-refractivity contribution in [1.82, 2.24) is 6.15 Å². The summed E-state index contributed by atoms with van der Waals surface area (Å²) in [7, 11) is -4.67. The van der Waals surface area contributed by atoms with Crippen molar-refractivity contribution in [1.29, 1.82) is 0 Å². The molecule has 0 atom stereocenters. The summed E-state index contributed by atoms with van der Waals surface area (Å²) >= 11 is 0. The summed E-state index contributed by atoms with van der Waals surface area (Å²) in [6.45, 7) is 0. The van der Waals surface area contributed by atoms with Crippen molar-refractivity contribution in [3.05, 3.63) is 0 Å². The predicted octanol–water partition coefficient (Wildman–Crippen LogP) is -8.74. The molecule has 0 amide bonds. The molecule has 17 heavy (non-hydrogen) atoms. The van der Waals surface area contributed by atoms with Crippen molar-refractivity contribution < 1.29 is 89.4 Å². The summed E-state index contributed by atoms with van der Waals surface area (Å²) in [6.07, 6.45) is 0. The monoisotopic (exact) mass is 351 g/mol. The smallest absolute Gasteiger partial charge is 0.394 e. The van der Waals surface area contributed by atoms with Gasteiger partial charge in [-0.3, -0.25) is 9.11 Å². The average Bonchev–Trinajstić information content (AvgIpc) is 0.722. The van der Waals surface area contributed by atoms with E-state index in [0.717, 1.165) is 0 Å². The van der Waals surface area contributed by atoms with E-state index in [9.17, 15) is 0 Å². The Balaban J connectivity index is -0.00000000121. The minimum absolute atomic E-state index is 0. The fourth-order valence-corrected chi connectivity index (χ4v) is 0. The first-order valence-corrected chi connectivity index (χ1v) is 2.10. The molecule has 128 valence electrons. The van der Waals surface area contributed by atoms with Crippen LogP contribution in [0.3, 0.4) is 0 Å². The second kappa shape index (κ2) is 101. The van der Waals surface area contributed by atoms with Gasteiger partial charge in [0.15, 0.2) is 0 Å². The molecule has 0 aliphatic rings. The molecule has 0 aromatic carbocycles. The minimum atomic E-state index is -4.67. The van der Waals surface area contributed by atoms with Gasteiger partial charge in [-0.25, -0.2) is 0 Å². The number of rotatable bonds is 0. The molecule has 0 unspecified atom stereocenters. The van der Waals surface area contributed by atoms with Crippen LogP contribution >= 0.6 is 0 Å². The van der Waals surface area contributed by atoms with Gasteiger partial charge in [0.25, 0.3) is 0 Å². The molecule has 0 spiro atoms. The van der Waals surface area contributed by atoms with Crippen LogP contribution in [0, 0.1) is 0 Å². The Bertz CT molecular complexity index is 99.4. The van der Waals surface area contributed by atoms with Crippen LogP contribution in [0.2, 0.25) is 0 Å². The number of hydrogen-bond donors (Lipinski definition) is 3. The Morgan fingerprint density at radius 1 is 0.529 bits per heavy atom. The van der Waals surface area contributed by atoms with Gasteiger partial charge >= 0.3 is 10.4 Å². The second-order valence-corrected chi connectivity index (χ2v) is 1.34. The summed E-state index contributed by atoms with van der Waals surface area (Å²) in [4.78, 5) is 0. The third-order valence-electron chi connectivity index (χ3n) is 0. The van der Waals surface area contributed by atoms with Crippen molar-refractivity contribution in [3.8, 4) is 0 Å². The maximum absolute atomic E-state index is 8.74. The Morgan fingerprint density at radius 3 is 0.529 bits per heavy atom. The summed E-state index contributed by atoms with van der Waals surface area (Å²) in [6, 6.07) is 0. The van der Waals surface area contributed by atoms with Gasteiger partial charge in [0.2, 0.25) is 0 Å². The van der Waals surface area contributed by atoms with Gasteiger partial charge in [0.05, 0.1) is 0 Å². The van der Waals surface area contributed by atoms with Crippen LogP contribution < -0.4 is 6.15 Å². The molecule has 0 aromatic rings. The molecule has 25 N–H and O–H groups in total. The molecule has 15 nitrogen and oxygen atoms in total. The zero-order valence-electron chi connectivity index (χ0n) is 8.18. The fraction of sp³-hybridized carbons (Fsp3) is 0. The standard InChI is InChI=1S/Fe.H3N.H2O4S.10H2O/c;;1-5(2,3)4;;;;;;;;;;/h;1H3;(H2,1,2,3,4);10*1H2. The molecule has 0 radical (unpaired) electrons. The molecule has 0 aliphatic carbocycles. The van der Waals surface area contributed by atoms with Crippen LogP contribution in [0.4, 0.5) is 0 Å². The minimum Gasteiger partial charge on any atom is -0.412 e. The van der Waals surface area contributed by atoms with Gasteiger partial charge in [-0.2, -0.15) is 8.42 Å². The van der Waals surface area contributed by atoms with E-state index in [1.807, 2.05) is 0 Å². The zero-order chi connectivity index (χ0) is 4.50. The molecule has 0 rings (SSSR count). The van der Waals surface area contributed by atoms with Gasteiger partial charge in [-0.1, -0.05) is 0 Å². The molecule has 0 aliphatic heterocycles. The van der Waals surface area contributed by atoms with Crippen molar-refractivity contribution >= 4 is 10.4 Å². The predicted molar refractivity (Wildman–Crippen MR) is 55.3 cm³/mol. The van der Waals surface area contributed by atoms with Crippen LogP contribution in [0.5, 0.6) is 0 Å². The van der Waals surface area contributed by atoms with Crippen molar-refractivity contribution in [2.45, 2.75) is 0 Å². The Morgan fingerprint density at radius 2 is 0.529 bits per heavy atom. The van der Waals surface area contributed by atoms with Gasteiger partial charge in [0.1, 0.15) is 0 Å². The Hall–Kier alpha value is -0.0505.